The fourth-order valence-corrected chi connectivity index (χ4v) is 3.59. The molecule has 1 aromatic heterocycles. The number of hydrogen-bond donors (Lipinski definition) is 0. The lowest BCUT2D eigenvalue weighted by Gasteiger charge is -2.23. The van der Waals surface area contributed by atoms with Crippen molar-refractivity contribution in [3.63, 3.8) is 0 Å². The van der Waals surface area contributed by atoms with Gasteiger partial charge >= 0.3 is 5.69 Å². The molecule has 1 aliphatic heterocycles. The summed E-state index contributed by atoms with van der Waals surface area (Å²) in [5, 5.41) is 0. The molecule has 0 spiro atoms. The first-order valence-electron chi connectivity index (χ1n) is 8.38. The predicted octanol–water partition coefficient (Wildman–Crippen LogP) is 2.49. The van der Waals surface area contributed by atoms with Crippen LogP contribution in [-0.2, 0) is 9.47 Å². The summed E-state index contributed by atoms with van der Waals surface area (Å²) in [6, 6.07) is 1.91. The minimum Gasteiger partial charge on any atom is -0.378 e. The second-order valence-corrected chi connectivity index (χ2v) is 6.67. The van der Waals surface area contributed by atoms with Crippen LogP contribution in [0.3, 0.4) is 0 Å². The molecule has 2 atom stereocenters. The summed E-state index contributed by atoms with van der Waals surface area (Å²) < 4.78 is 12.8. The summed E-state index contributed by atoms with van der Waals surface area (Å²) >= 11 is 1.68. The van der Waals surface area contributed by atoms with Gasteiger partial charge in [0.15, 0.2) is 0 Å². The third-order valence-electron chi connectivity index (χ3n) is 3.63. The molecule has 23 heavy (non-hydrogen) atoms. The Kier molecular flexibility index (Phi) is 7.39. The number of thioether (sulfide) groups is 1. The highest BCUT2D eigenvalue weighted by Gasteiger charge is 2.28. The number of ether oxygens (including phenoxy) is 2. The van der Waals surface area contributed by atoms with Crippen molar-refractivity contribution in [2.75, 3.05) is 37.0 Å². The molecule has 0 unspecified atom stereocenters. The smallest absolute Gasteiger partial charge is 0.351 e. The Bertz CT molecular complexity index is 532. The molecule has 0 N–H and O–H groups in total. The molecule has 1 aliphatic rings. The van der Waals surface area contributed by atoms with Gasteiger partial charge in [-0.1, -0.05) is 13.8 Å². The molecule has 2 heterocycles. The normalized spacial score (nSPS) is 20.8. The van der Waals surface area contributed by atoms with E-state index in [4.69, 9.17) is 9.47 Å². The Hall–Kier alpha value is -1.05. The van der Waals surface area contributed by atoms with Gasteiger partial charge in [-0.05, 0) is 25.8 Å². The van der Waals surface area contributed by atoms with Gasteiger partial charge in [0, 0.05) is 31.6 Å². The van der Waals surface area contributed by atoms with Gasteiger partial charge in [0.1, 0.15) is 17.5 Å². The first-order chi connectivity index (χ1) is 11.2. The zero-order valence-electron chi connectivity index (χ0n) is 14.2. The molecular formula is C16H27N3O3S. The van der Waals surface area contributed by atoms with Crippen LogP contribution in [0.25, 0.3) is 0 Å². The summed E-state index contributed by atoms with van der Waals surface area (Å²) in [4.78, 5) is 18.8. The number of anilines is 1. The maximum atomic E-state index is 12.4. The largest absolute Gasteiger partial charge is 0.378 e. The maximum Gasteiger partial charge on any atom is 0.351 e. The molecule has 0 radical (unpaired) electrons. The molecule has 7 heteroatoms. The molecule has 1 fully saturated rings. The van der Waals surface area contributed by atoms with E-state index in [9.17, 15) is 4.79 Å². The van der Waals surface area contributed by atoms with Crippen LogP contribution < -0.4 is 10.6 Å². The molecule has 1 saturated heterocycles. The number of rotatable bonds is 9. The highest BCUT2D eigenvalue weighted by atomic mass is 32.2. The van der Waals surface area contributed by atoms with Crippen LogP contribution in [0.2, 0.25) is 0 Å². The third-order valence-corrected chi connectivity index (χ3v) is 4.72. The number of nitrogens with zero attached hydrogens (tertiary/aromatic N) is 3. The zero-order chi connectivity index (χ0) is 16.7. The molecule has 6 nitrogen and oxygen atoms in total. The molecule has 130 valence electrons. The Labute approximate surface area is 142 Å². The third kappa shape index (κ3) is 4.96. The number of aromatic nitrogens is 2. The van der Waals surface area contributed by atoms with Crippen LogP contribution in [-0.4, -0.2) is 47.0 Å². The summed E-state index contributed by atoms with van der Waals surface area (Å²) in [5.74, 6) is 1.50. The van der Waals surface area contributed by atoms with Crippen molar-refractivity contribution < 1.29 is 9.47 Å². The molecule has 0 aliphatic carbocycles. The molecular weight excluding hydrogens is 314 g/mol. The van der Waals surface area contributed by atoms with Crippen molar-refractivity contribution in [2.24, 2.45) is 0 Å². The van der Waals surface area contributed by atoms with Gasteiger partial charge in [-0.15, -0.1) is 11.8 Å². The molecule has 0 aromatic carbocycles. The zero-order valence-corrected chi connectivity index (χ0v) is 15.1. The second-order valence-electron chi connectivity index (χ2n) is 5.48. The monoisotopic (exact) mass is 341 g/mol. The van der Waals surface area contributed by atoms with E-state index in [-0.39, 0.29) is 17.4 Å². The summed E-state index contributed by atoms with van der Waals surface area (Å²) in [6.45, 7) is 9.28. The first-order valence-corrected chi connectivity index (χ1v) is 9.43. The first kappa shape index (κ1) is 18.3. The fraction of sp³-hybridized carbons (Fsp3) is 0.750. The average Bonchev–Trinajstić information content (AvgIpc) is 3.01. The van der Waals surface area contributed by atoms with Crippen LogP contribution >= 0.6 is 11.8 Å². The van der Waals surface area contributed by atoms with Crippen LogP contribution in [0.1, 0.15) is 39.8 Å². The van der Waals surface area contributed by atoms with Crippen molar-refractivity contribution in [1.82, 2.24) is 9.55 Å². The van der Waals surface area contributed by atoms with Gasteiger partial charge in [0.25, 0.3) is 0 Å². The molecule has 0 bridgehead atoms. The predicted molar refractivity (Wildman–Crippen MR) is 94.2 cm³/mol. The van der Waals surface area contributed by atoms with Crippen molar-refractivity contribution in [3.05, 3.63) is 22.7 Å². The average molecular weight is 341 g/mol. The van der Waals surface area contributed by atoms with E-state index < -0.39 is 0 Å². The van der Waals surface area contributed by atoms with Crippen molar-refractivity contribution in [2.45, 2.75) is 45.3 Å². The van der Waals surface area contributed by atoms with Crippen molar-refractivity contribution >= 4 is 17.6 Å². The lowest BCUT2D eigenvalue weighted by atomic mass is 10.3. The van der Waals surface area contributed by atoms with E-state index in [1.54, 1.807) is 22.5 Å². The Morgan fingerprint density at radius 2 is 2.13 bits per heavy atom. The van der Waals surface area contributed by atoms with E-state index in [0.717, 1.165) is 37.5 Å². The Morgan fingerprint density at radius 3 is 2.74 bits per heavy atom. The summed E-state index contributed by atoms with van der Waals surface area (Å²) in [6.07, 6.45) is 3.61. The fourth-order valence-electron chi connectivity index (χ4n) is 2.57. The highest BCUT2D eigenvalue weighted by Crippen LogP contribution is 2.31. The number of hydrogen-bond acceptors (Lipinski definition) is 6. The standard InChI is InChI=1S/C16H27N3O3S/c1-4-8-18(9-5-2)13-7-10-19(16(20)17-13)14-12-23-15(22-14)11-21-6-3/h7,10,14-15H,4-6,8-9,11-12H2,1-3H3/t14-,15+/m1/s1. The van der Waals surface area contributed by atoms with E-state index in [2.05, 4.69) is 23.7 Å². The SMILES string of the molecule is CCCN(CCC)c1ccn([C@H]2CS[C@@H](COCC)O2)c(=O)n1. The van der Waals surface area contributed by atoms with E-state index in [1.165, 1.54) is 0 Å². The van der Waals surface area contributed by atoms with Gasteiger partial charge < -0.3 is 14.4 Å². The van der Waals surface area contributed by atoms with E-state index >= 15 is 0 Å². The quantitative estimate of drug-likeness (QED) is 0.688. The summed E-state index contributed by atoms with van der Waals surface area (Å²) in [5.41, 5.74) is -0.259. The van der Waals surface area contributed by atoms with Gasteiger partial charge in [-0.25, -0.2) is 4.79 Å². The lowest BCUT2D eigenvalue weighted by molar-refractivity contribution is -0.0226. The maximum absolute atomic E-state index is 12.4. The summed E-state index contributed by atoms with van der Waals surface area (Å²) in [7, 11) is 0. The van der Waals surface area contributed by atoms with Crippen LogP contribution in [0.4, 0.5) is 5.82 Å². The highest BCUT2D eigenvalue weighted by molar-refractivity contribution is 8.00. The van der Waals surface area contributed by atoms with Crippen LogP contribution in [0.5, 0.6) is 0 Å². The topological polar surface area (TPSA) is 56.6 Å². The molecule has 0 amide bonds. The Balaban J connectivity index is 2.06. The van der Waals surface area contributed by atoms with Gasteiger partial charge in [-0.2, -0.15) is 4.98 Å². The minimum atomic E-state index is -0.259. The van der Waals surface area contributed by atoms with Gasteiger partial charge in [0.2, 0.25) is 0 Å². The van der Waals surface area contributed by atoms with Gasteiger partial charge in [0.05, 0.1) is 6.61 Å². The van der Waals surface area contributed by atoms with Crippen molar-refractivity contribution in [3.8, 4) is 0 Å². The van der Waals surface area contributed by atoms with Gasteiger partial charge in [-0.3, -0.25) is 4.57 Å². The molecule has 1 aromatic rings. The Morgan fingerprint density at radius 1 is 1.39 bits per heavy atom. The van der Waals surface area contributed by atoms with E-state index in [0.29, 0.717) is 13.2 Å². The molecule has 0 saturated carbocycles. The second kappa shape index (κ2) is 9.30. The lowest BCUT2D eigenvalue weighted by Crippen LogP contribution is -2.33. The van der Waals surface area contributed by atoms with Crippen LogP contribution in [0, 0.1) is 0 Å². The van der Waals surface area contributed by atoms with Crippen LogP contribution in [0.15, 0.2) is 17.1 Å². The van der Waals surface area contributed by atoms with E-state index in [1.807, 2.05) is 13.0 Å². The molecule has 2 rings (SSSR count). The van der Waals surface area contributed by atoms with Crippen molar-refractivity contribution in [1.29, 1.82) is 0 Å². The minimum absolute atomic E-state index is 0.0109.